The number of carbonyl (C=O) groups is 1. The Kier molecular flexibility index (Phi) is 3.44. The first kappa shape index (κ1) is 14.1. The first-order valence-electron chi connectivity index (χ1n) is 6.84. The van der Waals surface area contributed by atoms with Crippen molar-refractivity contribution in [1.82, 2.24) is 9.38 Å². The number of imidazole rings is 1. The minimum absolute atomic E-state index is 0.218. The van der Waals surface area contributed by atoms with E-state index in [4.69, 9.17) is 5.11 Å². The lowest BCUT2D eigenvalue weighted by atomic mass is 9.97. The molecule has 0 spiro atoms. The van der Waals surface area contributed by atoms with Gasteiger partial charge in [0.1, 0.15) is 15.5 Å². The lowest BCUT2D eigenvalue weighted by Crippen LogP contribution is -2.24. The molecule has 0 radical (unpaired) electrons. The van der Waals surface area contributed by atoms with Gasteiger partial charge in [0.15, 0.2) is 0 Å². The molecule has 2 aromatic heterocycles. The predicted octanol–water partition coefficient (Wildman–Crippen LogP) is 1.40. The van der Waals surface area contributed by atoms with E-state index in [9.17, 15) is 13.2 Å². The minimum atomic E-state index is -2.84. The molecule has 0 aromatic carbocycles. The Balaban J connectivity index is 1.77. The van der Waals surface area contributed by atoms with E-state index < -0.39 is 15.8 Å². The number of hydrogen-bond acceptors (Lipinski definition) is 4. The fourth-order valence-electron chi connectivity index (χ4n) is 2.71. The SMILES string of the molecule is O=C(O)c1ccc2nc(CC3CCS(=O)(=O)CC3)cn2c1. The highest BCUT2D eigenvalue weighted by molar-refractivity contribution is 7.91. The van der Waals surface area contributed by atoms with E-state index in [-0.39, 0.29) is 17.1 Å². The van der Waals surface area contributed by atoms with Gasteiger partial charge in [0.05, 0.1) is 22.8 Å². The maximum atomic E-state index is 11.4. The van der Waals surface area contributed by atoms with E-state index in [1.165, 1.54) is 6.07 Å². The minimum Gasteiger partial charge on any atom is -0.478 e. The number of aromatic nitrogens is 2. The summed E-state index contributed by atoms with van der Waals surface area (Å²) >= 11 is 0. The summed E-state index contributed by atoms with van der Waals surface area (Å²) < 4.78 is 24.5. The van der Waals surface area contributed by atoms with Gasteiger partial charge in [-0.05, 0) is 37.3 Å². The van der Waals surface area contributed by atoms with Crippen molar-refractivity contribution in [2.45, 2.75) is 19.3 Å². The summed E-state index contributed by atoms with van der Waals surface area (Å²) in [7, 11) is -2.84. The van der Waals surface area contributed by atoms with Crippen LogP contribution in [0.4, 0.5) is 0 Å². The van der Waals surface area contributed by atoms with Gasteiger partial charge in [0.2, 0.25) is 0 Å². The summed E-state index contributed by atoms with van der Waals surface area (Å²) in [6.07, 6.45) is 5.46. The Morgan fingerprint density at radius 1 is 1.29 bits per heavy atom. The molecule has 3 rings (SSSR count). The number of pyridine rings is 1. The molecule has 2 aromatic rings. The van der Waals surface area contributed by atoms with Crippen molar-refractivity contribution in [3.8, 4) is 0 Å². The van der Waals surface area contributed by atoms with E-state index in [1.807, 2.05) is 6.20 Å². The summed E-state index contributed by atoms with van der Waals surface area (Å²) in [4.78, 5) is 15.4. The maximum absolute atomic E-state index is 11.4. The van der Waals surface area contributed by atoms with Crippen LogP contribution in [-0.4, -0.2) is 40.4 Å². The van der Waals surface area contributed by atoms with Crippen LogP contribution in [0.15, 0.2) is 24.5 Å². The third kappa shape index (κ3) is 3.07. The molecule has 112 valence electrons. The van der Waals surface area contributed by atoms with Gasteiger partial charge in [-0.15, -0.1) is 0 Å². The predicted molar refractivity (Wildman–Crippen MR) is 77.2 cm³/mol. The van der Waals surface area contributed by atoms with Gasteiger partial charge in [-0.1, -0.05) is 0 Å². The van der Waals surface area contributed by atoms with Crippen molar-refractivity contribution in [2.24, 2.45) is 5.92 Å². The van der Waals surface area contributed by atoms with E-state index in [2.05, 4.69) is 4.98 Å². The van der Waals surface area contributed by atoms with E-state index in [0.29, 0.717) is 24.4 Å². The third-order valence-corrected chi connectivity index (χ3v) is 5.64. The third-order valence-electron chi connectivity index (χ3n) is 3.92. The fraction of sp³-hybridized carbons (Fsp3) is 0.429. The zero-order valence-corrected chi connectivity index (χ0v) is 12.2. The molecule has 1 aliphatic rings. The molecule has 1 saturated heterocycles. The molecular formula is C14H16N2O4S. The molecule has 0 amide bonds. The van der Waals surface area contributed by atoms with Crippen molar-refractivity contribution < 1.29 is 18.3 Å². The lowest BCUT2D eigenvalue weighted by Gasteiger charge is -2.20. The van der Waals surface area contributed by atoms with Gasteiger partial charge < -0.3 is 9.51 Å². The molecule has 3 heterocycles. The topological polar surface area (TPSA) is 88.7 Å². The number of aromatic carboxylic acids is 1. The normalized spacial score (nSPS) is 18.9. The van der Waals surface area contributed by atoms with Gasteiger partial charge >= 0.3 is 5.97 Å². The van der Waals surface area contributed by atoms with Crippen LogP contribution < -0.4 is 0 Å². The summed E-state index contributed by atoms with van der Waals surface area (Å²) in [5.41, 5.74) is 1.80. The maximum Gasteiger partial charge on any atom is 0.337 e. The summed E-state index contributed by atoms with van der Waals surface area (Å²) in [6.45, 7) is 0. The monoisotopic (exact) mass is 308 g/mol. The van der Waals surface area contributed by atoms with Crippen LogP contribution in [0.3, 0.4) is 0 Å². The van der Waals surface area contributed by atoms with Gasteiger partial charge in [-0.3, -0.25) is 0 Å². The lowest BCUT2D eigenvalue weighted by molar-refractivity contribution is 0.0696. The van der Waals surface area contributed by atoms with E-state index in [0.717, 1.165) is 12.1 Å². The van der Waals surface area contributed by atoms with Gasteiger partial charge in [0.25, 0.3) is 0 Å². The molecule has 1 aliphatic heterocycles. The Bertz CT molecular complexity index is 780. The Hall–Kier alpha value is -1.89. The van der Waals surface area contributed by atoms with Crippen LogP contribution in [0.1, 0.15) is 28.9 Å². The van der Waals surface area contributed by atoms with Crippen molar-refractivity contribution in [2.75, 3.05) is 11.5 Å². The second-order valence-electron chi connectivity index (χ2n) is 5.52. The average molecular weight is 308 g/mol. The molecule has 21 heavy (non-hydrogen) atoms. The summed E-state index contributed by atoms with van der Waals surface area (Å²) in [5.74, 6) is -0.121. The largest absolute Gasteiger partial charge is 0.478 e. The van der Waals surface area contributed by atoms with Crippen LogP contribution in [0.25, 0.3) is 5.65 Å². The van der Waals surface area contributed by atoms with Gasteiger partial charge in [0, 0.05) is 12.4 Å². The Morgan fingerprint density at radius 2 is 2.00 bits per heavy atom. The number of carboxylic acids is 1. The number of rotatable bonds is 3. The quantitative estimate of drug-likeness (QED) is 0.926. The Labute approximate surface area is 122 Å². The van der Waals surface area contributed by atoms with Crippen LogP contribution in [0.2, 0.25) is 0 Å². The van der Waals surface area contributed by atoms with E-state index in [1.54, 1.807) is 16.7 Å². The molecule has 6 nitrogen and oxygen atoms in total. The van der Waals surface area contributed by atoms with Crippen molar-refractivity contribution in [3.63, 3.8) is 0 Å². The molecule has 0 bridgehead atoms. The summed E-state index contributed by atoms with van der Waals surface area (Å²) in [6, 6.07) is 3.21. The number of carboxylic acid groups (broad SMARTS) is 1. The van der Waals surface area contributed by atoms with Crippen molar-refractivity contribution >= 4 is 21.5 Å². The molecule has 7 heteroatoms. The molecule has 0 saturated carbocycles. The molecule has 0 atom stereocenters. The first-order valence-corrected chi connectivity index (χ1v) is 8.66. The second-order valence-corrected chi connectivity index (χ2v) is 7.82. The highest BCUT2D eigenvalue weighted by atomic mass is 32.2. The summed E-state index contributed by atoms with van der Waals surface area (Å²) in [5, 5.41) is 8.97. The van der Waals surface area contributed by atoms with E-state index >= 15 is 0 Å². The molecule has 1 N–H and O–H groups in total. The first-order chi connectivity index (χ1) is 9.93. The highest BCUT2D eigenvalue weighted by Crippen LogP contribution is 2.23. The molecular weight excluding hydrogens is 292 g/mol. The zero-order valence-electron chi connectivity index (χ0n) is 11.4. The fourth-order valence-corrected chi connectivity index (χ4v) is 4.30. The number of nitrogens with zero attached hydrogens (tertiary/aromatic N) is 2. The van der Waals surface area contributed by atoms with Gasteiger partial charge in [-0.25, -0.2) is 18.2 Å². The number of fused-ring (bicyclic) bond motifs is 1. The van der Waals surface area contributed by atoms with Crippen molar-refractivity contribution in [1.29, 1.82) is 0 Å². The second kappa shape index (κ2) is 5.14. The smallest absolute Gasteiger partial charge is 0.337 e. The average Bonchev–Trinajstić information content (AvgIpc) is 2.82. The number of sulfone groups is 1. The Morgan fingerprint density at radius 3 is 2.67 bits per heavy atom. The van der Waals surface area contributed by atoms with Gasteiger partial charge in [-0.2, -0.15) is 0 Å². The molecule has 0 aliphatic carbocycles. The molecule has 0 unspecified atom stereocenters. The highest BCUT2D eigenvalue weighted by Gasteiger charge is 2.24. The number of hydrogen-bond donors (Lipinski definition) is 1. The standard InChI is InChI=1S/C14H16N2O4S/c17-14(18)11-1-2-13-15-12(9-16(13)8-11)7-10-3-5-21(19,20)6-4-10/h1-2,8-10H,3-7H2,(H,17,18). The van der Waals surface area contributed by atoms with Crippen molar-refractivity contribution in [3.05, 3.63) is 35.8 Å². The molecule has 1 fully saturated rings. The van der Waals surface area contributed by atoms with Crippen LogP contribution in [-0.2, 0) is 16.3 Å². The van der Waals surface area contributed by atoms with Crippen LogP contribution in [0, 0.1) is 5.92 Å². The zero-order chi connectivity index (χ0) is 15.0. The van der Waals surface area contributed by atoms with Crippen LogP contribution in [0.5, 0.6) is 0 Å². The van der Waals surface area contributed by atoms with Crippen LogP contribution >= 0.6 is 0 Å².